The van der Waals surface area contributed by atoms with Gasteiger partial charge in [0.1, 0.15) is 48.2 Å². The van der Waals surface area contributed by atoms with Crippen molar-refractivity contribution in [3.63, 3.8) is 0 Å². The van der Waals surface area contributed by atoms with Crippen LogP contribution in [0.15, 0.2) is 25.3 Å². The van der Waals surface area contributed by atoms with E-state index in [1.807, 2.05) is 0 Å². The number of hydrogen-bond acceptors (Lipinski definition) is 16. The monoisotopic (exact) mass is 702 g/mol. The fourth-order valence-electron chi connectivity index (χ4n) is 5.80. The Balaban J connectivity index is 1.18. The number of anilines is 2. The van der Waals surface area contributed by atoms with E-state index in [0.29, 0.717) is 22.3 Å². The normalized spacial score (nSPS) is 37.7. The zero-order chi connectivity index (χ0) is 31.7. The number of nitrogens with two attached hydrogens (primary N) is 2. The summed E-state index contributed by atoms with van der Waals surface area (Å²) in [5.74, 6) is -0.467. The summed E-state index contributed by atoms with van der Waals surface area (Å²) in [5.41, 5.74) is 13.1. The number of ether oxygens (including phenoxy) is 2. The molecular weight excluding hydrogens is 674 g/mol. The summed E-state index contributed by atoms with van der Waals surface area (Å²) in [4.78, 5) is 36.0. The van der Waals surface area contributed by atoms with Crippen molar-refractivity contribution in [3.8, 4) is 0 Å². The second-order valence-electron chi connectivity index (χ2n) is 10.6. The van der Waals surface area contributed by atoms with Crippen LogP contribution in [0.4, 0.5) is 11.6 Å². The van der Waals surface area contributed by atoms with Crippen LogP contribution in [0, 0.1) is 5.92 Å². The second kappa shape index (κ2) is 11.7. The number of aromatic nitrogens is 8. The maximum Gasteiger partial charge on any atom is 0.323 e. The SMILES string of the molecule is Nc1ncnc2c1ncn2[C@@H]1O[C@@H]2COP(O)(=S)NC3[C@@H](COP(=O)(S)NC2C1CO)O[C@@H](n1cnc2c(N)ncnc21)[C@H]3O. The molecule has 10 atom stereocenters. The van der Waals surface area contributed by atoms with Gasteiger partial charge in [0.05, 0.1) is 44.6 Å². The fraction of sp³-hybridized carbons (Fsp3) is 0.524. The molecule has 20 nitrogen and oxygen atoms in total. The van der Waals surface area contributed by atoms with Crippen molar-refractivity contribution in [3.05, 3.63) is 25.3 Å². The van der Waals surface area contributed by atoms with Gasteiger partial charge >= 0.3 is 6.72 Å². The van der Waals surface area contributed by atoms with Gasteiger partial charge in [-0.1, -0.05) is 12.2 Å². The minimum absolute atomic E-state index is 0.135. The quantitative estimate of drug-likeness (QED) is 0.0920. The Kier molecular flexibility index (Phi) is 8.09. The molecule has 0 radical (unpaired) electrons. The summed E-state index contributed by atoms with van der Waals surface area (Å²) in [6.45, 7) is -8.90. The highest BCUT2D eigenvalue weighted by molar-refractivity contribution is 8.45. The molecule has 0 bridgehead atoms. The van der Waals surface area contributed by atoms with Crippen LogP contribution >= 0.6 is 25.6 Å². The smallest absolute Gasteiger partial charge is 0.323 e. The van der Waals surface area contributed by atoms with Crippen LogP contribution < -0.4 is 21.6 Å². The maximum atomic E-state index is 13.7. The highest BCUT2D eigenvalue weighted by Gasteiger charge is 2.51. The van der Waals surface area contributed by atoms with Gasteiger partial charge in [0.15, 0.2) is 29.2 Å². The highest BCUT2D eigenvalue weighted by Crippen LogP contribution is 2.53. The third-order valence-electron chi connectivity index (χ3n) is 7.90. The summed E-state index contributed by atoms with van der Waals surface area (Å²) in [5, 5.41) is 27.5. The van der Waals surface area contributed by atoms with Gasteiger partial charge in [-0.3, -0.25) is 13.7 Å². The van der Waals surface area contributed by atoms with Crippen LogP contribution in [0.1, 0.15) is 12.5 Å². The molecule has 9 N–H and O–H groups in total. The number of nitrogens with zero attached hydrogens (tertiary/aromatic N) is 8. The van der Waals surface area contributed by atoms with Crippen molar-refractivity contribution >= 4 is 71.4 Å². The molecule has 0 aromatic carbocycles. The molecule has 0 spiro atoms. The van der Waals surface area contributed by atoms with Crippen LogP contribution in [0.25, 0.3) is 22.3 Å². The van der Waals surface area contributed by atoms with Crippen molar-refractivity contribution in [2.24, 2.45) is 5.92 Å². The third kappa shape index (κ3) is 5.63. The van der Waals surface area contributed by atoms with Gasteiger partial charge < -0.3 is 45.1 Å². The summed E-state index contributed by atoms with van der Waals surface area (Å²) >= 11 is 9.70. The van der Waals surface area contributed by atoms with Gasteiger partial charge in [0.2, 0.25) is 0 Å². The molecule has 0 amide bonds. The molecule has 3 saturated heterocycles. The summed E-state index contributed by atoms with van der Waals surface area (Å²) in [6, 6.07) is -1.94. The van der Waals surface area contributed by atoms with Gasteiger partial charge in [-0.2, -0.15) is 0 Å². The number of imidazole rings is 2. The Morgan fingerprint density at radius 1 is 0.911 bits per heavy atom. The molecule has 5 unspecified atom stereocenters. The van der Waals surface area contributed by atoms with Crippen molar-refractivity contribution in [2.45, 2.75) is 42.9 Å². The van der Waals surface area contributed by atoms with E-state index < -0.39 is 68.7 Å². The van der Waals surface area contributed by atoms with E-state index in [1.165, 1.54) is 29.9 Å². The molecule has 0 aliphatic carbocycles. The van der Waals surface area contributed by atoms with E-state index in [9.17, 15) is 19.7 Å². The lowest BCUT2D eigenvalue weighted by Gasteiger charge is -2.31. The van der Waals surface area contributed by atoms with Gasteiger partial charge in [0, 0.05) is 5.92 Å². The topological polar surface area (TPSA) is 278 Å². The largest absolute Gasteiger partial charge is 0.396 e. The number of nitrogen functional groups attached to an aromatic ring is 2. The molecule has 45 heavy (non-hydrogen) atoms. The summed E-state index contributed by atoms with van der Waals surface area (Å²) in [7, 11) is 0. The molecule has 3 aliphatic rings. The number of aliphatic hydroxyl groups is 2. The molecule has 4 aromatic rings. The van der Waals surface area contributed by atoms with Gasteiger partial charge in [-0.15, -0.1) is 0 Å². The van der Waals surface area contributed by atoms with Gasteiger partial charge in [-0.05, 0) is 11.8 Å². The van der Waals surface area contributed by atoms with Crippen LogP contribution in [-0.2, 0) is 34.9 Å². The zero-order valence-electron chi connectivity index (χ0n) is 22.9. The average molecular weight is 703 g/mol. The first kappa shape index (κ1) is 31.2. The maximum absolute atomic E-state index is 13.7. The van der Waals surface area contributed by atoms with Gasteiger partial charge in [0.25, 0.3) is 6.64 Å². The average Bonchev–Trinajstić information content (AvgIpc) is 3.75. The summed E-state index contributed by atoms with van der Waals surface area (Å²) in [6.07, 6.45) is 0.0566. The van der Waals surface area contributed by atoms with E-state index >= 15 is 0 Å². The van der Waals surface area contributed by atoms with E-state index in [-0.39, 0.29) is 24.8 Å². The van der Waals surface area contributed by atoms with Crippen LogP contribution in [0.2, 0.25) is 0 Å². The van der Waals surface area contributed by atoms with E-state index in [0.717, 1.165) is 0 Å². The number of thiol groups is 1. The molecule has 7 rings (SSSR count). The minimum atomic E-state index is -3.94. The molecular formula is C21H28N12O8P2S2. The Hall–Kier alpha value is -2.43. The molecule has 242 valence electrons. The van der Waals surface area contributed by atoms with Crippen molar-refractivity contribution in [2.75, 3.05) is 31.3 Å². The predicted octanol–water partition coefficient (Wildman–Crippen LogP) is -1.19. The number of hydrogen-bond donors (Lipinski definition) is 8. The Labute approximate surface area is 263 Å². The molecule has 0 saturated carbocycles. The first-order chi connectivity index (χ1) is 21.5. The highest BCUT2D eigenvalue weighted by atomic mass is 32.7. The zero-order valence-corrected chi connectivity index (χ0v) is 26.4. The van der Waals surface area contributed by atoms with Crippen molar-refractivity contribution in [1.29, 1.82) is 0 Å². The molecule has 24 heteroatoms. The van der Waals surface area contributed by atoms with Crippen LogP contribution in [-0.4, -0.2) is 104 Å². The number of nitrogens with one attached hydrogen (secondary N) is 2. The van der Waals surface area contributed by atoms with E-state index in [1.54, 1.807) is 4.57 Å². The minimum Gasteiger partial charge on any atom is -0.396 e. The van der Waals surface area contributed by atoms with E-state index in [4.69, 9.17) is 41.8 Å². The Morgan fingerprint density at radius 3 is 2.09 bits per heavy atom. The van der Waals surface area contributed by atoms with E-state index in [2.05, 4.69) is 52.3 Å². The lowest BCUT2D eigenvalue weighted by Crippen LogP contribution is -2.47. The summed E-state index contributed by atoms with van der Waals surface area (Å²) < 4.78 is 40.6. The number of aliphatic hydroxyl groups excluding tert-OH is 2. The standard InChI is InChI=1S/C21H28N12O8P2S2/c22-16-13-18(26-4-24-16)32(6-28-13)20-8(1-34)11-9(40-20)2-38-43(37,45)31-12-10(3-39-42(36,44)30-11)41-21(15(12)35)33-7-29-14-17(23)25-5-27-19(14)33/h4-12,15,20-21,34-35H,1-3H2,(H2,22,24,26)(H2,23,25,27)(H2,30,36,44)(H2,31,37,45)/t8?,9-,10-,11?,12?,15+,20-,21-,42?,43?/m1/s1. The van der Waals surface area contributed by atoms with Crippen molar-refractivity contribution < 1.29 is 38.2 Å². The number of rotatable bonds is 3. The molecule has 4 aromatic heterocycles. The third-order valence-corrected chi connectivity index (χ3v) is 11.5. The van der Waals surface area contributed by atoms with Crippen molar-refractivity contribution in [1.82, 2.24) is 49.2 Å². The lowest BCUT2D eigenvalue weighted by molar-refractivity contribution is -0.0458. The van der Waals surface area contributed by atoms with Crippen LogP contribution in [0.5, 0.6) is 0 Å². The Bertz CT molecular complexity index is 1850. The number of fused-ring (bicyclic) bond motifs is 4. The second-order valence-corrected chi connectivity index (χ2v) is 16.8. The fourth-order valence-corrected chi connectivity index (χ4v) is 9.23. The lowest BCUT2D eigenvalue weighted by atomic mass is 9.99. The molecule has 7 heterocycles. The first-order valence-corrected chi connectivity index (χ1v) is 18.9. The molecule has 3 fully saturated rings. The van der Waals surface area contributed by atoms with Crippen LogP contribution in [0.3, 0.4) is 0 Å². The predicted molar refractivity (Wildman–Crippen MR) is 163 cm³/mol. The first-order valence-electron chi connectivity index (χ1n) is 13.4. The Morgan fingerprint density at radius 2 is 1.47 bits per heavy atom. The van der Waals surface area contributed by atoms with Gasteiger partial charge in [-0.25, -0.2) is 40.1 Å². The molecule has 3 aliphatic heterocycles.